The Morgan fingerprint density at radius 1 is 0.688 bits per heavy atom. The lowest BCUT2D eigenvalue weighted by atomic mass is 10.0. The van der Waals surface area contributed by atoms with E-state index in [-0.39, 0.29) is 12.8 Å². The van der Waals surface area contributed by atoms with Gasteiger partial charge in [0, 0.05) is 31.1 Å². The van der Waals surface area contributed by atoms with Crippen LogP contribution in [0, 0.1) is 0 Å². The highest BCUT2D eigenvalue weighted by Gasteiger charge is 2.10. The van der Waals surface area contributed by atoms with E-state index >= 15 is 0 Å². The van der Waals surface area contributed by atoms with Crippen LogP contribution in [-0.2, 0) is 0 Å². The third kappa shape index (κ3) is 25.2. The first-order chi connectivity index (χ1) is 15.7. The lowest BCUT2D eigenvalue weighted by molar-refractivity contribution is 0.0519. The predicted octanol–water partition coefficient (Wildman–Crippen LogP) is 6.85. The molecule has 0 bridgehead atoms. The molecule has 4 nitrogen and oxygen atoms in total. The number of hydrogen-bond acceptors (Lipinski definition) is 6. The third-order valence-electron chi connectivity index (χ3n) is 5.95. The topological polar surface area (TPSA) is 55.7 Å². The smallest absolute Gasteiger partial charge is 0.0957 e. The SMILES string of the molecule is CCCCCCCCCCCCCCCC(O)CN(CO)CCSSCCNCCCC. The Bertz CT molecular complexity index is 352. The minimum absolute atomic E-state index is 0.0411. The highest BCUT2D eigenvalue weighted by molar-refractivity contribution is 8.76. The molecule has 0 aliphatic rings. The first-order valence-corrected chi connectivity index (χ1v) is 16.2. The van der Waals surface area contributed by atoms with Crippen LogP contribution < -0.4 is 5.32 Å². The molecule has 0 aliphatic carbocycles. The highest BCUT2D eigenvalue weighted by Crippen LogP contribution is 2.20. The average Bonchev–Trinajstić information content (AvgIpc) is 2.80. The molecule has 0 spiro atoms. The zero-order valence-corrected chi connectivity index (χ0v) is 23.1. The summed E-state index contributed by atoms with van der Waals surface area (Å²) in [6.07, 6.45) is 20.7. The molecule has 0 aromatic rings. The maximum Gasteiger partial charge on any atom is 0.0957 e. The van der Waals surface area contributed by atoms with Crippen molar-refractivity contribution in [3.63, 3.8) is 0 Å². The molecule has 0 fully saturated rings. The maximum absolute atomic E-state index is 10.3. The Hall–Kier alpha value is 0.540. The van der Waals surface area contributed by atoms with Gasteiger partial charge >= 0.3 is 0 Å². The summed E-state index contributed by atoms with van der Waals surface area (Å²) < 4.78 is 0. The van der Waals surface area contributed by atoms with Crippen LogP contribution in [0.4, 0.5) is 0 Å². The van der Waals surface area contributed by atoms with Crippen LogP contribution in [0.5, 0.6) is 0 Å². The number of nitrogens with one attached hydrogen (secondary N) is 1. The zero-order valence-electron chi connectivity index (χ0n) is 21.5. The fraction of sp³-hybridized carbons (Fsp3) is 1.00. The molecule has 0 aromatic heterocycles. The van der Waals surface area contributed by atoms with Gasteiger partial charge in [-0.2, -0.15) is 0 Å². The van der Waals surface area contributed by atoms with Gasteiger partial charge < -0.3 is 15.5 Å². The molecule has 0 aliphatic heterocycles. The van der Waals surface area contributed by atoms with Crippen LogP contribution in [0.2, 0.25) is 0 Å². The van der Waals surface area contributed by atoms with Crippen molar-refractivity contribution in [1.82, 2.24) is 10.2 Å². The molecule has 0 rings (SSSR count). The molecule has 0 saturated heterocycles. The van der Waals surface area contributed by atoms with E-state index in [0.29, 0.717) is 6.54 Å². The van der Waals surface area contributed by atoms with Gasteiger partial charge in [0.25, 0.3) is 0 Å². The van der Waals surface area contributed by atoms with Crippen LogP contribution in [0.15, 0.2) is 0 Å². The number of aliphatic hydroxyl groups excluding tert-OH is 2. The van der Waals surface area contributed by atoms with Gasteiger partial charge in [0.1, 0.15) is 0 Å². The molecule has 0 heterocycles. The van der Waals surface area contributed by atoms with Crippen molar-refractivity contribution in [3.05, 3.63) is 0 Å². The number of rotatable bonds is 27. The fourth-order valence-electron chi connectivity index (χ4n) is 3.83. The Morgan fingerprint density at radius 2 is 1.22 bits per heavy atom. The van der Waals surface area contributed by atoms with E-state index in [1.54, 1.807) is 0 Å². The molecule has 1 atom stereocenters. The number of aliphatic hydroxyl groups is 2. The van der Waals surface area contributed by atoms with Gasteiger partial charge in [-0.1, -0.05) is 125 Å². The second-order valence-electron chi connectivity index (χ2n) is 9.15. The van der Waals surface area contributed by atoms with Gasteiger partial charge in [0.05, 0.1) is 12.8 Å². The minimum atomic E-state index is -0.310. The summed E-state index contributed by atoms with van der Waals surface area (Å²) in [6.45, 7) is 8.16. The normalized spacial score (nSPS) is 12.7. The van der Waals surface area contributed by atoms with E-state index in [9.17, 15) is 10.2 Å². The predicted molar refractivity (Wildman–Crippen MR) is 148 cm³/mol. The van der Waals surface area contributed by atoms with Crippen molar-refractivity contribution in [2.45, 2.75) is 123 Å². The average molecular weight is 493 g/mol. The summed E-state index contributed by atoms with van der Waals surface area (Å²) in [6, 6.07) is 0. The van der Waals surface area contributed by atoms with Crippen molar-refractivity contribution in [2.75, 3.05) is 44.4 Å². The minimum Gasteiger partial charge on any atom is -0.392 e. The number of nitrogens with zero attached hydrogens (tertiary/aromatic N) is 1. The van der Waals surface area contributed by atoms with Gasteiger partial charge in [0.2, 0.25) is 0 Å². The van der Waals surface area contributed by atoms with Crippen LogP contribution in [0.1, 0.15) is 117 Å². The molecule has 6 heteroatoms. The van der Waals surface area contributed by atoms with E-state index in [0.717, 1.165) is 44.0 Å². The van der Waals surface area contributed by atoms with Gasteiger partial charge in [-0.15, -0.1) is 0 Å². The van der Waals surface area contributed by atoms with E-state index in [2.05, 4.69) is 19.2 Å². The molecule has 194 valence electrons. The molecular weight excluding hydrogens is 436 g/mol. The Labute approximate surface area is 208 Å². The van der Waals surface area contributed by atoms with Crippen molar-refractivity contribution in [3.8, 4) is 0 Å². The second kappa shape index (κ2) is 27.8. The quantitative estimate of drug-likeness (QED) is 0.0662. The highest BCUT2D eigenvalue weighted by atomic mass is 33.1. The van der Waals surface area contributed by atoms with Crippen molar-refractivity contribution in [2.24, 2.45) is 0 Å². The van der Waals surface area contributed by atoms with Gasteiger partial charge in [-0.3, -0.25) is 4.90 Å². The Morgan fingerprint density at radius 3 is 1.78 bits per heavy atom. The molecule has 0 aromatic carbocycles. The van der Waals surface area contributed by atoms with E-state index in [4.69, 9.17) is 0 Å². The lowest BCUT2D eigenvalue weighted by Gasteiger charge is -2.22. The van der Waals surface area contributed by atoms with Gasteiger partial charge in [0.15, 0.2) is 0 Å². The molecule has 1 unspecified atom stereocenters. The molecule has 3 N–H and O–H groups in total. The first-order valence-electron chi connectivity index (χ1n) is 13.7. The first kappa shape index (κ1) is 32.5. The molecule has 0 amide bonds. The molecule has 0 radical (unpaired) electrons. The second-order valence-corrected chi connectivity index (χ2v) is 11.9. The number of unbranched alkanes of at least 4 members (excludes halogenated alkanes) is 13. The Balaban J connectivity index is 3.41. The van der Waals surface area contributed by atoms with Crippen LogP contribution in [-0.4, -0.2) is 65.6 Å². The lowest BCUT2D eigenvalue weighted by Crippen LogP contribution is -2.34. The van der Waals surface area contributed by atoms with Crippen molar-refractivity contribution >= 4 is 21.6 Å². The van der Waals surface area contributed by atoms with E-state index in [1.165, 1.54) is 89.9 Å². The van der Waals surface area contributed by atoms with Gasteiger partial charge in [-0.05, 0) is 19.4 Å². The van der Waals surface area contributed by atoms with E-state index < -0.39 is 0 Å². The molecular formula is C26H56N2O2S2. The molecule has 0 saturated carbocycles. The maximum atomic E-state index is 10.3. The summed E-state index contributed by atoms with van der Waals surface area (Å²) in [5.41, 5.74) is 0. The van der Waals surface area contributed by atoms with Crippen LogP contribution >= 0.6 is 21.6 Å². The van der Waals surface area contributed by atoms with Crippen molar-refractivity contribution < 1.29 is 10.2 Å². The summed E-state index contributed by atoms with van der Waals surface area (Å²) in [7, 11) is 3.77. The summed E-state index contributed by atoms with van der Waals surface area (Å²) in [4.78, 5) is 1.97. The number of hydrogen-bond donors (Lipinski definition) is 3. The van der Waals surface area contributed by atoms with Gasteiger partial charge in [-0.25, -0.2) is 0 Å². The van der Waals surface area contributed by atoms with E-state index in [1.807, 2.05) is 26.5 Å². The zero-order chi connectivity index (χ0) is 23.5. The monoisotopic (exact) mass is 492 g/mol. The van der Waals surface area contributed by atoms with Crippen LogP contribution in [0.25, 0.3) is 0 Å². The third-order valence-corrected chi connectivity index (χ3v) is 8.34. The fourth-order valence-corrected chi connectivity index (χ4v) is 5.81. The Kier molecular flexibility index (Phi) is 28.3. The summed E-state index contributed by atoms with van der Waals surface area (Å²) in [5.74, 6) is 2.11. The van der Waals surface area contributed by atoms with Crippen molar-refractivity contribution in [1.29, 1.82) is 0 Å². The largest absolute Gasteiger partial charge is 0.392 e. The van der Waals surface area contributed by atoms with Crippen LogP contribution in [0.3, 0.4) is 0 Å². The summed E-state index contributed by atoms with van der Waals surface area (Å²) in [5, 5.41) is 23.3. The summed E-state index contributed by atoms with van der Waals surface area (Å²) >= 11 is 0. The standard InChI is InChI=1S/C26H56N2O2S2/c1-3-5-7-8-9-10-11-12-13-14-15-16-17-18-26(30)24-28(25-29)21-23-32-31-22-20-27-19-6-4-2/h26-27,29-30H,3-25H2,1-2H3. The molecule has 32 heavy (non-hydrogen) atoms.